The summed E-state index contributed by atoms with van der Waals surface area (Å²) in [6, 6.07) is 3.27. The number of rotatable bonds is 2. The highest BCUT2D eigenvalue weighted by molar-refractivity contribution is 5.94. The zero-order valence-electron chi connectivity index (χ0n) is 8.62. The van der Waals surface area contributed by atoms with Gasteiger partial charge in [0.2, 0.25) is 5.95 Å². The van der Waals surface area contributed by atoms with Crippen LogP contribution in [0.1, 0.15) is 10.4 Å². The molecule has 0 aliphatic rings. The summed E-state index contributed by atoms with van der Waals surface area (Å²) in [5.74, 6) is 0.195. The van der Waals surface area contributed by atoms with Crippen molar-refractivity contribution in [2.75, 3.05) is 12.8 Å². The van der Waals surface area contributed by atoms with Crippen molar-refractivity contribution in [2.24, 2.45) is 0 Å². The predicted molar refractivity (Wildman–Crippen MR) is 57.1 cm³/mol. The Bertz CT molecular complexity index is 507. The molecule has 0 saturated carbocycles. The summed E-state index contributed by atoms with van der Waals surface area (Å²) in [5.41, 5.74) is 6.09. The number of esters is 1. The Morgan fingerprint density at radius 3 is 2.75 bits per heavy atom. The highest BCUT2D eigenvalue weighted by Gasteiger charge is 2.15. The van der Waals surface area contributed by atoms with Crippen molar-refractivity contribution < 1.29 is 9.53 Å². The molecule has 0 amide bonds. The van der Waals surface area contributed by atoms with E-state index in [2.05, 4.69) is 14.7 Å². The molecule has 2 aromatic heterocycles. The smallest absolute Gasteiger partial charge is 0.341 e. The highest BCUT2D eigenvalue weighted by Crippen LogP contribution is 2.17. The van der Waals surface area contributed by atoms with E-state index in [-0.39, 0.29) is 5.82 Å². The minimum atomic E-state index is -0.479. The van der Waals surface area contributed by atoms with Gasteiger partial charge in [-0.2, -0.15) is 0 Å². The molecule has 0 aliphatic heterocycles. The summed E-state index contributed by atoms with van der Waals surface area (Å²) in [5, 5.41) is 0. The largest absolute Gasteiger partial charge is 0.465 e. The van der Waals surface area contributed by atoms with E-state index in [0.717, 1.165) is 0 Å². The molecular weight excluding hydrogens is 208 g/mol. The van der Waals surface area contributed by atoms with E-state index in [4.69, 9.17) is 5.73 Å². The van der Waals surface area contributed by atoms with Crippen LogP contribution in [0.4, 0.5) is 5.82 Å². The maximum atomic E-state index is 11.3. The molecule has 16 heavy (non-hydrogen) atoms. The Hall–Kier alpha value is -2.37. The molecule has 6 heteroatoms. The fraction of sp³-hybridized carbons (Fsp3) is 0.100. The fourth-order valence-corrected chi connectivity index (χ4v) is 1.32. The molecule has 2 heterocycles. The Kier molecular flexibility index (Phi) is 2.55. The molecule has 6 nitrogen and oxygen atoms in total. The van der Waals surface area contributed by atoms with Crippen LogP contribution in [0, 0.1) is 0 Å². The highest BCUT2D eigenvalue weighted by atomic mass is 16.5. The first kappa shape index (κ1) is 10.2. The van der Waals surface area contributed by atoms with Gasteiger partial charge in [0.05, 0.1) is 7.11 Å². The number of methoxy groups -OCH3 is 1. The number of ether oxygens (including phenoxy) is 1. The minimum absolute atomic E-state index is 0.262. The molecule has 0 spiro atoms. The molecule has 0 radical (unpaired) electrons. The van der Waals surface area contributed by atoms with Gasteiger partial charge in [0.1, 0.15) is 11.4 Å². The van der Waals surface area contributed by atoms with E-state index in [1.54, 1.807) is 30.7 Å². The van der Waals surface area contributed by atoms with Gasteiger partial charge in [-0.1, -0.05) is 0 Å². The number of carbonyl (C=O) groups excluding carboxylic acids is 1. The first-order valence-corrected chi connectivity index (χ1v) is 4.56. The second-order valence-corrected chi connectivity index (χ2v) is 3.03. The average Bonchev–Trinajstić information content (AvgIpc) is 2.71. The number of nitrogens with zero attached hydrogens (tertiary/aromatic N) is 3. The third kappa shape index (κ3) is 1.60. The van der Waals surface area contributed by atoms with Crippen molar-refractivity contribution in [3.05, 3.63) is 36.3 Å². The quantitative estimate of drug-likeness (QED) is 0.748. The van der Waals surface area contributed by atoms with Crippen LogP contribution in [0.3, 0.4) is 0 Å². The summed E-state index contributed by atoms with van der Waals surface area (Å²) < 4.78 is 6.11. The lowest BCUT2D eigenvalue weighted by atomic mass is 10.3. The van der Waals surface area contributed by atoms with Crippen LogP contribution < -0.4 is 5.73 Å². The second-order valence-electron chi connectivity index (χ2n) is 3.03. The van der Waals surface area contributed by atoms with Crippen LogP contribution >= 0.6 is 0 Å². The molecule has 0 aliphatic carbocycles. The zero-order chi connectivity index (χ0) is 11.5. The average molecular weight is 218 g/mol. The van der Waals surface area contributed by atoms with Crippen LogP contribution in [-0.4, -0.2) is 27.6 Å². The molecular formula is C10H10N4O2. The molecule has 2 N–H and O–H groups in total. The van der Waals surface area contributed by atoms with E-state index in [1.165, 1.54) is 11.7 Å². The maximum absolute atomic E-state index is 11.3. The number of aromatic nitrogens is 3. The normalized spacial score (nSPS) is 10.1. The number of hydrogen-bond acceptors (Lipinski definition) is 5. The van der Waals surface area contributed by atoms with Crippen molar-refractivity contribution in [3.8, 4) is 5.95 Å². The van der Waals surface area contributed by atoms with Crippen molar-refractivity contribution in [1.29, 1.82) is 0 Å². The molecule has 0 fully saturated rings. The second kappa shape index (κ2) is 4.01. The summed E-state index contributed by atoms with van der Waals surface area (Å²) in [7, 11) is 1.30. The Morgan fingerprint density at radius 1 is 1.44 bits per heavy atom. The number of carbonyl (C=O) groups is 1. The van der Waals surface area contributed by atoms with Gasteiger partial charge in [-0.05, 0) is 12.1 Å². The topological polar surface area (TPSA) is 83.0 Å². The Balaban J connectivity index is 2.45. The van der Waals surface area contributed by atoms with Crippen molar-refractivity contribution >= 4 is 11.8 Å². The van der Waals surface area contributed by atoms with Gasteiger partial charge in [0.15, 0.2) is 0 Å². The Morgan fingerprint density at radius 2 is 2.12 bits per heavy atom. The number of anilines is 1. The molecule has 0 saturated heterocycles. The monoisotopic (exact) mass is 218 g/mol. The van der Waals surface area contributed by atoms with E-state index in [1.807, 2.05) is 0 Å². The zero-order valence-corrected chi connectivity index (χ0v) is 8.62. The van der Waals surface area contributed by atoms with Gasteiger partial charge in [-0.25, -0.2) is 14.8 Å². The fourth-order valence-electron chi connectivity index (χ4n) is 1.32. The number of nitrogen functional groups attached to an aromatic ring is 1. The molecule has 0 atom stereocenters. The number of nitrogens with two attached hydrogens (primary N) is 1. The van der Waals surface area contributed by atoms with Crippen molar-refractivity contribution in [2.45, 2.75) is 0 Å². The SMILES string of the molecule is COC(=O)c1ccn(-c2ncccn2)c1N. The van der Waals surface area contributed by atoms with Gasteiger partial charge in [-0.15, -0.1) is 0 Å². The van der Waals surface area contributed by atoms with E-state index in [0.29, 0.717) is 11.5 Å². The summed E-state index contributed by atoms with van der Waals surface area (Å²) >= 11 is 0. The van der Waals surface area contributed by atoms with Crippen LogP contribution in [0.5, 0.6) is 0 Å². The van der Waals surface area contributed by atoms with Crippen molar-refractivity contribution in [1.82, 2.24) is 14.5 Å². The lowest BCUT2D eigenvalue weighted by Crippen LogP contribution is -2.08. The van der Waals surface area contributed by atoms with E-state index >= 15 is 0 Å². The van der Waals surface area contributed by atoms with E-state index < -0.39 is 5.97 Å². The maximum Gasteiger partial charge on any atom is 0.341 e. The van der Waals surface area contributed by atoms with Crippen molar-refractivity contribution in [3.63, 3.8) is 0 Å². The molecule has 0 bridgehead atoms. The summed E-state index contributed by atoms with van der Waals surface area (Å²) in [4.78, 5) is 19.4. The predicted octanol–water partition coefficient (Wildman–Crippen LogP) is 0.636. The standard InChI is InChI=1S/C10H10N4O2/c1-16-9(15)7-3-6-14(8(7)11)10-12-4-2-5-13-10/h2-6H,11H2,1H3. The van der Waals surface area contributed by atoms with Gasteiger partial charge in [0.25, 0.3) is 0 Å². The summed E-state index contributed by atoms with van der Waals surface area (Å²) in [6.45, 7) is 0. The van der Waals surface area contributed by atoms with Gasteiger partial charge in [0, 0.05) is 18.6 Å². The minimum Gasteiger partial charge on any atom is -0.465 e. The molecule has 2 rings (SSSR count). The third-order valence-corrected chi connectivity index (χ3v) is 2.10. The van der Waals surface area contributed by atoms with Gasteiger partial charge >= 0.3 is 5.97 Å². The lowest BCUT2D eigenvalue weighted by molar-refractivity contribution is 0.0602. The van der Waals surface area contributed by atoms with Crippen LogP contribution in [-0.2, 0) is 4.74 Å². The Labute approximate surface area is 91.7 Å². The van der Waals surface area contributed by atoms with Crippen LogP contribution in [0.25, 0.3) is 5.95 Å². The summed E-state index contributed by atoms with van der Waals surface area (Å²) in [6.07, 6.45) is 4.82. The van der Waals surface area contributed by atoms with Crippen LogP contribution in [0.15, 0.2) is 30.7 Å². The third-order valence-electron chi connectivity index (χ3n) is 2.10. The van der Waals surface area contributed by atoms with E-state index in [9.17, 15) is 4.79 Å². The molecule has 2 aromatic rings. The first-order chi connectivity index (χ1) is 7.74. The molecule has 0 unspecified atom stereocenters. The molecule has 0 aromatic carbocycles. The lowest BCUT2D eigenvalue weighted by Gasteiger charge is -2.03. The first-order valence-electron chi connectivity index (χ1n) is 4.56. The van der Waals surface area contributed by atoms with Crippen LogP contribution in [0.2, 0.25) is 0 Å². The number of hydrogen-bond donors (Lipinski definition) is 1. The van der Waals surface area contributed by atoms with Gasteiger partial charge < -0.3 is 10.5 Å². The van der Waals surface area contributed by atoms with Gasteiger partial charge in [-0.3, -0.25) is 4.57 Å². The molecule has 82 valence electrons.